The number of carbonyl (C=O) groups is 1. The van der Waals surface area contributed by atoms with E-state index in [-0.39, 0.29) is 11.7 Å². The first-order chi connectivity index (χ1) is 11.7. The lowest BCUT2D eigenvalue weighted by Gasteiger charge is -2.31. The Hall–Kier alpha value is -2.34. The number of rotatable bonds is 3. The van der Waals surface area contributed by atoms with Gasteiger partial charge >= 0.3 is 0 Å². The van der Waals surface area contributed by atoms with Crippen molar-refractivity contribution >= 4 is 28.7 Å². The van der Waals surface area contributed by atoms with Crippen molar-refractivity contribution in [3.8, 4) is 0 Å². The van der Waals surface area contributed by atoms with Gasteiger partial charge in [0.25, 0.3) is 5.91 Å². The zero-order valence-corrected chi connectivity index (χ0v) is 13.8. The highest BCUT2D eigenvalue weighted by molar-refractivity contribution is 7.00. The number of benzene rings is 2. The number of aromatic nitrogens is 2. The van der Waals surface area contributed by atoms with Gasteiger partial charge in [-0.1, -0.05) is 25.0 Å². The van der Waals surface area contributed by atoms with Gasteiger partial charge in [0, 0.05) is 5.56 Å². The SMILES string of the molecule is O=C(NC1(c2cccc(F)c2)CCCC1)c1ccc2nsnc2c1. The van der Waals surface area contributed by atoms with E-state index >= 15 is 0 Å². The molecule has 0 aliphatic heterocycles. The second-order valence-electron chi connectivity index (χ2n) is 6.22. The summed E-state index contributed by atoms with van der Waals surface area (Å²) in [6.45, 7) is 0. The molecule has 1 aliphatic rings. The van der Waals surface area contributed by atoms with E-state index in [1.807, 2.05) is 6.07 Å². The van der Waals surface area contributed by atoms with Crippen molar-refractivity contribution in [2.75, 3.05) is 0 Å². The van der Waals surface area contributed by atoms with Crippen molar-refractivity contribution in [3.05, 3.63) is 59.4 Å². The molecule has 1 N–H and O–H groups in total. The number of nitrogens with zero attached hydrogens (tertiary/aromatic N) is 2. The van der Waals surface area contributed by atoms with Gasteiger partial charge in [-0.2, -0.15) is 8.75 Å². The Morgan fingerprint density at radius 1 is 1.08 bits per heavy atom. The van der Waals surface area contributed by atoms with Gasteiger partial charge in [0.1, 0.15) is 16.9 Å². The number of hydrogen-bond donors (Lipinski definition) is 1. The molecule has 0 bridgehead atoms. The lowest BCUT2D eigenvalue weighted by Crippen LogP contribution is -2.43. The summed E-state index contributed by atoms with van der Waals surface area (Å²) in [6.07, 6.45) is 3.68. The molecule has 0 atom stereocenters. The normalized spacial score (nSPS) is 16.4. The average molecular weight is 341 g/mol. The van der Waals surface area contributed by atoms with Gasteiger partial charge in [0.05, 0.1) is 17.3 Å². The van der Waals surface area contributed by atoms with Crippen LogP contribution in [0.15, 0.2) is 42.5 Å². The molecule has 0 unspecified atom stereocenters. The van der Waals surface area contributed by atoms with E-state index in [2.05, 4.69) is 14.1 Å². The fourth-order valence-corrected chi connectivity index (χ4v) is 3.98. The van der Waals surface area contributed by atoms with E-state index < -0.39 is 5.54 Å². The van der Waals surface area contributed by atoms with Gasteiger partial charge in [-0.15, -0.1) is 0 Å². The topological polar surface area (TPSA) is 54.9 Å². The Balaban J connectivity index is 1.66. The zero-order valence-electron chi connectivity index (χ0n) is 13.0. The molecule has 2 aromatic carbocycles. The number of nitrogens with one attached hydrogen (secondary N) is 1. The summed E-state index contributed by atoms with van der Waals surface area (Å²) in [6, 6.07) is 11.9. The number of hydrogen-bond acceptors (Lipinski definition) is 4. The van der Waals surface area contributed by atoms with Crippen molar-refractivity contribution in [2.24, 2.45) is 0 Å². The summed E-state index contributed by atoms with van der Waals surface area (Å²) >= 11 is 1.13. The van der Waals surface area contributed by atoms with Crippen LogP contribution in [-0.2, 0) is 5.54 Å². The molecular formula is C18H16FN3OS. The van der Waals surface area contributed by atoms with Crippen LogP contribution >= 0.6 is 11.7 Å². The minimum Gasteiger partial charge on any atom is -0.343 e. The first-order valence-corrected chi connectivity index (χ1v) is 8.70. The van der Waals surface area contributed by atoms with E-state index in [1.54, 1.807) is 24.3 Å². The largest absolute Gasteiger partial charge is 0.343 e. The summed E-state index contributed by atoms with van der Waals surface area (Å²) in [5.41, 5.74) is 2.41. The summed E-state index contributed by atoms with van der Waals surface area (Å²) < 4.78 is 22.0. The Labute approximate surface area is 143 Å². The summed E-state index contributed by atoms with van der Waals surface area (Å²) in [7, 11) is 0. The zero-order chi connectivity index (χ0) is 16.6. The van der Waals surface area contributed by atoms with Gasteiger partial charge in [-0.3, -0.25) is 4.79 Å². The Morgan fingerprint density at radius 3 is 2.67 bits per heavy atom. The number of halogens is 1. The van der Waals surface area contributed by atoms with E-state index in [1.165, 1.54) is 12.1 Å². The quantitative estimate of drug-likeness (QED) is 0.782. The molecule has 0 spiro atoms. The van der Waals surface area contributed by atoms with Gasteiger partial charge in [-0.25, -0.2) is 4.39 Å². The highest BCUT2D eigenvalue weighted by Gasteiger charge is 2.37. The number of fused-ring (bicyclic) bond motifs is 1. The predicted molar refractivity (Wildman–Crippen MR) is 91.4 cm³/mol. The van der Waals surface area contributed by atoms with Crippen LogP contribution in [-0.4, -0.2) is 14.7 Å². The van der Waals surface area contributed by atoms with Crippen LogP contribution in [0.5, 0.6) is 0 Å². The number of carbonyl (C=O) groups excluding carboxylic acids is 1. The smallest absolute Gasteiger partial charge is 0.252 e. The third-order valence-corrected chi connectivity index (χ3v) is 5.26. The Bertz CT molecular complexity index is 902. The molecule has 3 aromatic rings. The fraction of sp³-hybridized carbons (Fsp3) is 0.278. The molecule has 0 saturated heterocycles. The van der Waals surface area contributed by atoms with Crippen molar-refractivity contribution in [2.45, 2.75) is 31.2 Å². The summed E-state index contributed by atoms with van der Waals surface area (Å²) in [5, 5.41) is 3.16. The second kappa shape index (κ2) is 5.94. The lowest BCUT2D eigenvalue weighted by atomic mass is 9.87. The molecule has 1 saturated carbocycles. The van der Waals surface area contributed by atoms with Gasteiger partial charge in [-0.05, 0) is 48.7 Å². The van der Waals surface area contributed by atoms with Gasteiger partial charge in [0.15, 0.2) is 0 Å². The Kier molecular flexibility index (Phi) is 3.76. The van der Waals surface area contributed by atoms with Crippen LogP contribution in [0.25, 0.3) is 11.0 Å². The molecular weight excluding hydrogens is 325 g/mol. The predicted octanol–water partition coefficient (Wildman–Crippen LogP) is 4.03. The van der Waals surface area contributed by atoms with Crippen LogP contribution in [0.4, 0.5) is 4.39 Å². The summed E-state index contributed by atoms with van der Waals surface area (Å²) in [4.78, 5) is 12.8. The molecule has 1 fully saturated rings. The maximum Gasteiger partial charge on any atom is 0.252 e. The summed E-state index contributed by atoms with van der Waals surface area (Å²) in [5.74, 6) is -0.431. The monoisotopic (exact) mass is 341 g/mol. The first-order valence-electron chi connectivity index (χ1n) is 7.97. The lowest BCUT2D eigenvalue weighted by molar-refractivity contribution is 0.0898. The van der Waals surface area contributed by atoms with Crippen LogP contribution < -0.4 is 5.32 Å². The molecule has 4 rings (SSSR count). The minimum absolute atomic E-state index is 0.156. The highest BCUT2D eigenvalue weighted by atomic mass is 32.1. The molecule has 1 aliphatic carbocycles. The van der Waals surface area contributed by atoms with Crippen molar-refractivity contribution in [3.63, 3.8) is 0 Å². The highest BCUT2D eigenvalue weighted by Crippen LogP contribution is 2.39. The van der Waals surface area contributed by atoms with E-state index in [0.29, 0.717) is 5.56 Å². The molecule has 24 heavy (non-hydrogen) atoms. The maximum atomic E-state index is 13.7. The van der Waals surface area contributed by atoms with Crippen molar-refractivity contribution in [1.29, 1.82) is 0 Å². The Morgan fingerprint density at radius 2 is 1.88 bits per heavy atom. The fourth-order valence-electron chi connectivity index (χ4n) is 3.46. The average Bonchev–Trinajstić information content (AvgIpc) is 3.23. The first kappa shape index (κ1) is 15.2. The molecule has 122 valence electrons. The van der Waals surface area contributed by atoms with E-state index in [0.717, 1.165) is 54.0 Å². The molecule has 1 amide bonds. The third-order valence-electron chi connectivity index (χ3n) is 4.70. The number of amides is 1. The van der Waals surface area contributed by atoms with Gasteiger partial charge < -0.3 is 5.32 Å². The minimum atomic E-state index is -0.492. The molecule has 1 aromatic heterocycles. The molecule has 0 radical (unpaired) electrons. The third kappa shape index (κ3) is 2.67. The van der Waals surface area contributed by atoms with Crippen molar-refractivity contribution in [1.82, 2.24) is 14.1 Å². The maximum absolute atomic E-state index is 13.7. The van der Waals surface area contributed by atoms with Crippen LogP contribution in [0.3, 0.4) is 0 Å². The van der Waals surface area contributed by atoms with Crippen molar-refractivity contribution < 1.29 is 9.18 Å². The second-order valence-corrected chi connectivity index (χ2v) is 6.75. The van der Waals surface area contributed by atoms with Crippen LogP contribution in [0.1, 0.15) is 41.6 Å². The molecule has 6 heteroatoms. The molecule has 4 nitrogen and oxygen atoms in total. The van der Waals surface area contributed by atoms with Gasteiger partial charge in [0.2, 0.25) is 0 Å². The van der Waals surface area contributed by atoms with E-state index in [9.17, 15) is 9.18 Å². The standard InChI is InChI=1S/C18H16FN3OS/c19-14-5-3-4-13(11-14)18(8-1-2-9-18)20-17(23)12-6-7-15-16(10-12)22-24-21-15/h3-7,10-11H,1-2,8-9H2,(H,20,23). The van der Waals surface area contributed by atoms with E-state index in [4.69, 9.17) is 0 Å². The van der Waals surface area contributed by atoms with Crippen LogP contribution in [0.2, 0.25) is 0 Å². The molecule has 1 heterocycles. The van der Waals surface area contributed by atoms with Crippen LogP contribution in [0, 0.1) is 5.82 Å².